The molecule has 1 saturated heterocycles. The Labute approximate surface area is 117 Å². The van der Waals surface area contributed by atoms with Gasteiger partial charge in [-0.3, -0.25) is 4.68 Å². The van der Waals surface area contributed by atoms with Gasteiger partial charge >= 0.3 is 0 Å². The molecule has 1 atom stereocenters. The zero-order chi connectivity index (χ0) is 13.6. The molecule has 0 radical (unpaired) electrons. The van der Waals surface area contributed by atoms with Crippen LogP contribution in [-0.4, -0.2) is 29.7 Å². The van der Waals surface area contributed by atoms with Crippen LogP contribution in [0, 0.1) is 0 Å². The zero-order valence-electron chi connectivity index (χ0n) is 11.0. The van der Waals surface area contributed by atoms with E-state index in [1.54, 1.807) is 0 Å². The molecule has 18 heavy (non-hydrogen) atoms. The number of alkyl halides is 1. The molecule has 1 aromatic rings. The molecule has 1 unspecified atom stereocenters. The number of hydrogen-bond donors (Lipinski definition) is 0. The molecule has 0 spiro atoms. The molecule has 0 N–H and O–H groups in total. The van der Waals surface area contributed by atoms with Gasteiger partial charge in [0.15, 0.2) is 9.84 Å². The summed E-state index contributed by atoms with van der Waals surface area (Å²) in [5, 5.41) is 5.20. The Morgan fingerprint density at radius 3 is 2.67 bits per heavy atom. The van der Waals surface area contributed by atoms with Crippen molar-refractivity contribution >= 4 is 25.8 Å². The van der Waals surface area contributed by atoms with E-state index < -0.39 is 15.4 Å². The lowest BCUT2D eigenvalue weighted by Gasteiger charge is -2.27. The molecule has 6 heteroatoms. The second kappa shape index (κ2) is 4.63. The fourth-order valence-electron chi connectivity index (χ4n) is 2.70. The van der Waals surface area contributed by atoms with E-state index in [1.807, 2.05) is 17.8 Å². The van der Waals surface area contributed by atoms with Gasteiger partial charge in [-0.1, -0.05) is 29.8 Å². The number of aromatic nitrogens is 2. The van der Waals surface area contributed by atoms with Crippen molar-refractivity contribution < 1.29 is 8.42 Å². The molecule has 1 fully saturated rings. The fourth-order valence-corrected chi connectivity index (χ4v) is 5.24. The largest absolute Gasteiger partial charge is 0.262 e. The number of halogens is 1. The van der Waals surface area contributed by atoms with E-state index >= 15 is 0 Å². The first-order valence-corrected chi connectivity index (χ1v) is 9.07. The Bertz CT molecular complexity index is 550. The number of hydrogen-bond acceptors (Lipinski definition) is 3. The Hall–Kier alpha value is -0.360. The van der Waals surface area contributed by atoms with E-state index in [-0.39, 0.29) is 11.5 Å². The summed E-state index contributed by atoms with van der Waals surface area (Å²) in [6, 6.07) is 0. The SMILES string of the molecule is CC(C)c1c(CBr)cnn1C1(C)CCS(=O)(=O)C1. The van der Waals surface area contributed by atoms with E-state index in [1.165, 1.54) is 0 Å². The van der Waals surface area contributed by atoms with E-state index in [4.69, 9.17) is 0 Å². The van der Waals surface area contributed by atoms with Gasteiger partial charge in [-0.25, -0.2) is 8.42 Å². The third-order valence-electron chi connectivity index (χ3n) is 3.57. The highest BCUT2D eigenvalue weighted by molar-refractivity contribution is 9.08. The van der Waals surface area contributed by atoms with Gasteiger partial charge in [0.05, 0.1) is 23.2 Å². The summed E-state index contributed by atoms with van der Waals surface area (Å²) in [6.45, 7) is 6.23. The van der Waals surface area contributed by atoms with Gasteiger partial charge in [-0.2, -0.15) is 5.10 Å². The Morgan fingerprint density at radius 1 is 1.56 bits per heavy atom. The van der Waals surface area contributed by atoms with Crippen LogP contribution >= 0.6 is 15.9 Å². The van der Waals surface area contributed by atoms with Gasteiger partial charge in [0, 0.05) is 16.6 Å². The van der Waals surface area contributed by atoms with Crippen LogP contribution in [0.4, 0.5) is 0 Å². The van der Waals surface area contributed by atoms with Crippen molar-refractivity contribution in [1.29, 1.82) is 0 Å². The van der Waals surface area contributed by atoms with Gasteiger partial charge in [0.1, 0.15) is 0 Å². The predicted molar refractivity (Wildman–Crippen MR) is 75.9 cm³/mol. The maximum atomic E-state index is 11.7. The van der Waals surface area contributed by atoms with Crippen LogP contribution in [0.1, 0.15) is 44.4 Å². The van der Waals surface area contributed by atoms with Crippen molar-refractivity contribution in [2.24, 2.45) is 0 Å². The maximum Gasteiger partial charge on any atom is 0.152 e. The van der Waals surface area contributed by atoms with Crippen molar-refractivity contribution in [1.82, 2.24) is 9.78 Å². The Balaban J connectivity index is 2.49. The molecule has 1 aliphatic rings. The highest BCUT2D eigenvalue weighted by Crippen LogP contribution is 2.34. The summed E-state index contributed by atoms with van der Waals surface area (Å²) in [6.07, 6.45) is 2.50. The predicted octanol–water partition coefficient (Wildman–Crippen LogP) is 2.44. The third kappa shape index (κ3) is 2.37. The van der Waals surface area contributed by atoms with E-state index in [2.05, 4.69) is 34.9 Å². The van der Waals surface area contributed by atoms with E-state index in [0.717, 1.165) is 16.6 Å². The Morgan fingerprint density at radius 2 is 2.22 bits per heavy atom. The zero-order valence-corrected chi connectivity index (χ0v) is 13.4. The van der Waals surface area contributed by atoms with Crippen LogP contribution in [0.2, 0.25) is 0 Å². The van der Waals surface area contributed by atoms with Gasteiger partial charge in [0.25, 0.3) is 0 Å². The number of sulfone groups is 1. The second-order valence-corrected chi connectivity index (χ2v) is 8.34. The van der Waals surface area contributed by atoms with Crippen LogP contribution in [0.15, 0.2) is 6.20 Å². The molecule has 2 heterocycles. The third-order valence-corrected chi connectivity index (χ3v) is 6.06. The van der Waals surface area contributed by atoms with E-state index in [9.17, 15) is 8.42 Å². The number of rotatable bonds is 3. The van der Waals surface area contributed by atoms with Gasteiger partial charge in [0.2, 0.25) is 0 Å². The van der Waals surface area contributed by atoms with Crippen LogP contribution in [0.3, 0.4) is 0 Å². The molecule has 2 rings (SSSR count). The minimum absolute atomic E-state index is 0.198. The molecule has 4 nitrogen and oxygen atoms in total. The van der Waals surface area contributed by atoms with Gasteiger partial charge < -0.3 is 0 Å². The average molecular weight is 335 g/mol. The first-order chi connectivity index (χ1) is 8.29. The molecular formula is C12H19BrN2O2S. The highest BCUT2D eigenvalue weighted by atomic mass is 79.9. The quantitative estimate of drug-likeness (QED) is 0.797. The number of nitrogens with zero attached hydrogens (tertiary/aromatic N) is 2. The first-order valence-electron chi connectivity index (χ1n) is 6.13. The molecule has 102 valence electrons. The lowest BCUT2D eigenvalue weighted by atomic mass is 9.99. The molecule has 0 bridgehead atoms. The van der Waals surface area contributed by atoms with Crippen LogP contribution in [0.5, 0.6) is 0 Å². The summed E-state index contributed by atoms with van der Waals surface area (Å²) >= 11 is 3.47. The molecule has 0 aliphatic carbocycles. The van der Waals surface area contributed by atoms with Gasteiger partial charge in [-0.05, 0) is 19.3 Å². The smallest absolute Gasteiger partial charge is 0.152 e. The lowest BCUT2D eigenvalue weighted by Crippen LogP contribution is -2.34. The van der Waals surface area contributed by atoms with Crippen molar-refractivity contribution in [3.8, 4) is 0 Å². The Kier molecular flexibility index (Phi) is 3.62. The van der Waals surface area contributed by atoms with Crippen molar-refractivity contribution in [2.75, 3.05) is 11.5 Å². The summed E-state index contributed by atoms with van der Waals surface area (Å²) in [5.41, 5.74) is 1.90. The molecular weight excluding hydrogens is 316 g/mol. The molecule has 0 saturated carbocycles. The average Bonchev–Trinajstić information content (AvgIpc) is 2.80. The standard InChI is InChI=1S/C12H19BrN2O2S/c1-9(2)11-10(6-13)7-14-15(11)12(3)4-5-18(16,17)8-12/h7,9H,4-6,8H2,1-3H3. The monoisotopic (exact) mass is 334 g/mol. The van der Waals surface area contributed by atoms with Crippen molar-refractivity contribution in [3.63, 3.8) is 0 Å². The lowest BCUT2D eigenvalue weighted by molar-refractivity contribution is 0.314. The maximum absolute atomic E-state index is 11.7. The highest BCUT2D eigenvalue weighted by Gasteiger charge is 2.42. The summed E-state index contributed by atoms with van der Waals surface area (Å²) < 4.78 is 25.4. The first kappa shape index (κ1) is 14.1. The molecule has 0 aromatic carbocycles. The second-order valence-electron chi connectivity index (χ2n) is 5.59. The topological polar surface area (TPSA) is 52.0 Å². The van der Waals surface area contributed by atoms with Gasteiger partial charge in [-0.15, -0.1) is 0 Å². The van der Waals surface area contributed by atoms with Crippen LogP contribution in [0.25, 0.3) is 0 Å². The summed E-state index contributed by atoms with van der Waals surface area (Å²) in [5.74, 6) is 0.799. The normalized spacial score (nSPS) is 26.9. The minimum atomic E-state index is -2.91. The summed E-state index contributed by atoms with van der Waals surface area (Å²) in [7, 11) is -2.91. The molecule has 0 amide bonds. The summed E-state index contributed by atoms with van der Waals surface area (Å²) in [4.78, 5) is 0. The molecule has 1 aliphatic heterocycles. The van der Waals surface area contributed by atoms with Crippen LogP contribution < -0.4 is 0 Å². The fraction of sp³-hybridized carbons (Fsp3) is 0.750. The van der Waals surface area contributed by atoms with Crippen LogP contribution in [-0.2, 0) is 20.7 Å². The van der Waals surface area contributed by atoms with E-state index in [0.29, 0.717) is 12.3 Å². The minimum Gasteiger partial charge on any atom is -0.262 e. The van der Waals surface area contributed by atoms with Crippen molar-refractivity contribution in [2.45, 2.75) is 44.0 Å². The molecule has 1 aromatic heterocycles. The van der Waals surface area contributed by atoms with Crippen molar-refractivity contribution in [3.05, 3.63) is 17.5 Å².